The number of amides is 2. The Morgan fingerprint density at radius 2 is 0.935 bits per heavy atom. The summed E-state index contributed by atoms with van der Waals surface area (Å²) in [6, 6.07) is 0. The number of nitrogens with zero attached hydrogens (tertiary/aromatic N) is 1. The van der Waals surface area contributed by atoms with Crippen molar-refractivity contribution in [2.75, 3.05) is 13.1 Å². The van der Waals surface area contributed by atoms with Crippen LogP contribution in [0.5, 0.6) is 0 Å². The van der Waals surface area contributed by atoms with E-state index >= 15 is 0 Å². The standard InChI is InChI=1S/C27H54N2O2/c1-4-7-10-13-16-19-22-25(26(28)30)27(31)29(23-20-17-14-11-8-5-2)24-21-18-15-12-9-6-3/h25H,4-24H2,1-3H3,(H2,28,30). The van der Waals surface area contributed by atoms with Crippen LogP contribution in [0.1, 0.15) is 143 Å². The predicted octanol–water partition coefficient (Wildman–Crippen LogP) is 7.39. The normalized spacial score (nSPS) is 12.1. The summed E-state index contributed by atoms with van der Waals surface area (Å²) >= 11 is 0. The summed E-state index contributed by atoms with van der Waals surface area (Å²) in [5, 5.41) is 0. The molecule has 0 aromatic heterocycles. The van der Waals surface area contributed by atoms with Crippen molar-refractivity contribution in [3.63, 3.8) is 0 Å². The van der Waals surface area contributed by atoms with Crippen molar-refractivity contribution in [3.05, 3.63) is 0 Å². The zero-order chi connectivity index (χ0) is 23.2. The van der Waals surface area contributed by atoms with Crippen LogP contribution in [0.2, 0.25) is 0 Å². The highest BCUT2D eigenvalue weighted by Crippen LogP contribution is 2.17. The minimum Gasteiger partial charge on any atom is -0.369 e. The Hall–Kier alpha value is -1.06. The van der Waals surface area contributed by atoms with Gasteiger partial charge in [0.05, 0.1) is 0 Å². The molecule has 0 saturated carbocycles. The predicted molar refractivity (Wildman–Crippen MR) is 134 cm³/mol. The molecule has 184 valence electrons. The highest BCUT2D eigenvalue weighted by Gasteiger charge is 2.28. The van der Waals surface area contributed by atoms with Gasteiger partial charge in [-0.25, -0.2) is 0 Å². The minimum absolute atomic E-state index is 0.0109. The summed E-state index contributed by atoms with van der Waals surface area (Å²) in [6.07, 6.45) is 22.1. The number of primary amides is 1. The van der Waals surface area contributed by atoms with Crippen molar-refractivity contribution in [1.29, 1.82) is 0 Å². The molecule has 0 aromatic rings. The van der Waals surface area contributed by atoms with E-state index in [-0.39, 0.29) is 5.91 Å². The van der Waals surface area contributed by atoms with Gasteiger partial charge in [-0.2, -0.15) is 0 Å². The average molecular weight is 439 g/mol. The average Bonchev–Trinajstić information content (AvgIpc) is 2.75. The van der Waals surface area contributed by atoms with E-state index in [4.69, 9.17) is 5.73 Å². The second-order valence-electron chi connectivity index (χ2n) is 9.37. The van der Waals surface area contributed by atoms with Crippen LogP contribution in [-0.4, -0.2) is 29.8 Å². The zero-order valence-corrected chi connectivity index (χ0v) is 21.3. The lowest BCUT2D eigenvalue weighted by Gasteiger charge is -2.26. The van der Waals surface area contributed by atoms with Gasteiger partial charge in [-0.1, -0.05) is 124 Å². The largest absolute Gasteiger partial charge is 0.369 e. The smallest absolute Gasteiger partial charge is 0.235 e. The quantitative estimate of drug-likeness (QED) is 0.133. The fourth-order valence-electron chi connectivity index (χ4n) is 4.23. The molecule has 0 aromatic carbocycles. The molecule has 4 nitrogen and oxygen atoms in total. The first-order chi connectivity index (χ1) is 15.1. The number of carbonyl (C=O) groups is 2. The van der Waals surface area contributed by atoms with Crippen LogP contribution in [0.25, 0.3) is 0 Å². The van der Waals surface area contributed by atoms with Crippen molar-refractivity contribution in [3.8, 4) is 0 Å². The van der Waals surface area contributed by atoms with Crippen molar-refractivity contribution in [1.82, 2.24) is 4.90 Å². The van der Waals surface area contributed by atoms with E-state index in [0.29, 0.717) is 6.42 Å². The van der Waals surface area contributed by atoms with E-state index in [2.05, 4.69) is 20.8 Å². The Morgan fingerprint density at radius 1 is 0.581 bits per heavy atom. The molecule has 0 radical (unpaired) electrons. The maximum atomic E-state index is 13.2. The molecule has 0 aliphatic heterocycles. The van der Waals surface area contributed by atoms with Gasteiger partial charge in [0, 0.05) is 13.1 Å². The van der Waals surface area contributed by atoms with Gasteiger partial charge in [0.2, 0.25) is 11.8 Å². The fraction of sp³-hybridized carbons (Fsp3) is 0.926. The first-order valence-electron chi connectivity index (χ1n) is 13.7. The van der Waals surface area contributed by atoms with Crippen LogP contribution in [0.15, 0.2) is 0 Å². The zero-order valence-electron chi connectivity index (χ0n) is 21.3. The minimum atomic E-state index is -0.633. The molecule has 2 N–H and O–H groups in total. The highest BCUT2D eigenvalue weighted by molar-refractivity contribution is 5.99. The molecule has 0 rings (SSSR count). The Bertz CT molecular complexity index is 409. The van der Waals surface area contributed by atoms with Crippen LogP contribution < -0.4 is 5.73 Å². The second kappa shape index (κ2) is 22.1. The third kappa shape index (κ3) is 17.2. The maximum Gasteiger partial charge on any atom is 0.235 e. The first-order valence-corrected chi connectivity index (χ1v) is 13.7. The van der Waals surface area contributed by atoms with Gasteiger partial charge in [0.25, 0.3) is 0 Å². The van der Waals surface area contributed by atoms with Crippen molar-refractivity contribution in [2.24, 2.45) is 11.7 Å². The van der Waals surface area contributed by atoms with Gasteiger partial charge in [-0.05, 0) is 19.3 Å². The van der Waals surface area contributed by atoms with Crippen molar-refractivity contribution >= 4 is 11.8 Å². The number of rotatable bonds is 23. The summed E-state index contributed by atoms with van der Waals surface area (Å²) < 4.78 is 0. The molecule has 0 spiro atoms. The van der Waals surface area contributed by atoms with Gasteiger partial charge in [-0.15, -0.1) is 0 Å². The molecule has 0 aliphatic rings. The summed E-state index contributed by atoms with van der Waals surface area (Å²) in [7, 11) is 0. The third-order valence-electron chi connectivity index (χ3n) is 6.36. The molecule has 1 atom stereocenters. The van der Waals surface area contributed by atoms with E-state index in [1.165, 1.54) is 89.9 Å². The van der Waals surface area contributed by atoms with E-state index in [0.717, 1.165) is 38.8 Å². The Labute approximate surface area is 194 Å². The second-order valence-corrected chi connectivity index (χ2v) is 9.37. The topological polar surface area (TPSA) is 63.4 Å². The van der Waals surface area contributed by atoms with Gasteiger partial charge in [-0.3, -0.25) is 9.59 Å². The summed E-state index contributed by atoms with van der Waals surface area (Å²) in [5.41, 5.74) is 5.67. The van der Waals surface area contributed by atoms with Gasteiger partial charge in [0.1, 0.15) is 5.92 Å². The van der Waals surface area contributed by atoms with Crippen LogP contribution in [0.3, 0.4) is 0 Å². The molecular weight excluding hydrogens is 384 g/mol. The summed E-state index contributed by atoms with van der Waals surface area (Å²) in [6.45, 7) is 8.23. The van der Waals surface area contributed by atoms with E-state index < -0.39 is 11.8 Å². The first kappa shape index (κ1) is 29.9. The van der Waals surface area contributed by atoms with Gasteiger partial charge >= 0.3 is 0 Å². The van der Waals surface area contributed by atoms with Crippen molar-refractivity contribution in [2.45, 2.75) is 143 Å². The highest BCUT2D eigenvalue weighted by atomic mass is 16.2. The van der Waals surface area contributed by atoms with Gasteiger partial charge in [0.15, 0.2) is 0 Å². The Kier molecular flexibility index (Phi) is 21.4. The Morgan fingerprint density at radius 3 is 1.32 bits per heavy atom. The third-order valence-corrected chi connectivity index (χ3v) is 6.36. The number of nitrogens with two attached hydrogens (primary N) is 1. The molecule has 4 heteroatoms. The van der Waals surface area contributed by atoms with Crippen LogP contribution in [-0.2, 0) is 9.59 Å². The lowest BCUT2D eigenvalue weighted by Crippen LogP contribution is -2.42. The van der Waals surface area contributed by atoms with E-state index in [1.54, 1.807) is 0 Å². The lowest BCUT2D eigenvalue weighted by molar-refractivity contribution is -0.141. The molecule has 31 heavy (non-hydrogen) atoms. The fourth-order valence-corrected chi connectivity index (χ4v) is 4.23. The molecule has 1 unspecified atom stereocenters. The van der Waals surface area contributed by atoms with Crippen molar-refractivity contribution < 1.29 is 9.59 Å². The molecule has 0 aliphatic carbocycles. The molecule has 0 saturated heterocycles. The molecule has 0 heterocycles. The lowest BCUT2D eigenvalue weighted by atomic mass is 9.97. The van der Waals surface area contributed by atoms with Gasteiger partial charge < -0.3 is 10.6 Å². The molecular formula is C27H54N2O2. The SMILES string of the molecule is CCCCCCCCC(C(N)=O)C(=O)N(CCCCCCCC)CCCCCCCC. The number of hydrogen-bond acceptors (Lipinski definition) is 2. The molecule has 0 bridgehead atoms. The molecule has 2 amide bonds. The van der Waals surface area contributed by atoms with E-state index in [1.807, 2.05) is 4.90 Å². The monoisotopic (exact) mass is 438 g/mol. The maximum absolute atomic E-state index is 13.2. The summed E-state index contributed by atoms with van der Waals surface area (Å²) in [5.74, 6) is -1.08. The van der Waals surface area contributed by atoms with Crippen LogP contribution in [0.4, 0.5) is 0 Å². The van der Waals surface area contributed by atoms with Crippen LogP contribution >= 0.6 is 0 Å². The number of carbonyl (C=O) groups excluding carboxylic acids is 2. The van der Waals surface area contributed by atoms with Crippen LogP contribution in [0, 0.1) is 5.92 Å². The molecule has 0 fully saturated rings. The number of hydrogen-bond donors (Lipinski definition) is 1. The Balaban J connectivity index is 4.59. The van der Waals surface area contributed by atoms with E-state index in [9.17, 15) is 9.59 Å². The number of unbranched alkanes of at least 4 members (excludes halogenated alkanes) is 15. The summed E-state index contributed by atoms with van der Waals surface area (Å²) in [4.78, 5) is 27.3.